The van der Waals surface area contributed by atoms with Crippen LogP contribution in [0.25, 0.3) is 0 Å². The van der Waals surface area contributed by atoms with Crippen LogP contribution in [-0.4, -0.2) is 22.1 Å². The van der Waals surface area contributed by atoms with Gasteiger partial charge in [-0.15, -0.1) is 0 Å². The molecule has 0 atom stereocenters. The molecule has 4 heteroatoms. The Bertz CT molecular complexity index is 380. The van der Waals surface area contributed by atoms with Crippen molar-refractivity contribution in [2.75, 3.05) is 6.61 Å². The molecule has 0 saturated carbocycles. The average molecular weight is 208 g/mol. The van der Waals surface area contributed by atoms with Gasteiger partial charge in [0.05, 0.1) is 6.61 Å². The van der Waals surface area contributed by atoms with Gasteiger partial charge in [-0.25, -0.2) is 9.78 Å². The zero-order valence-corrected chi connectivity index (χ0v) is 9.41. The van der Waals surface area contributed by atoms with Crippen molar-refractivity contribution >= 4 is 5.97 Å². The largest absolute Gasteiger partial charge is 0.462 e. The quantitative estimate of drug-likeness (QED) is 0.555. The molecule has 0 saturated heterocycles. The van der Waals surface area contributed by atoms with Crippen LogP contribution in [-0.2, 0) is 23.0 Å². The monoisotopic (exact) mass is 208 g/mol. The van der Waals surface area contributed by atoms with E-state index in [0.717, 1.165) is 11.5 Å². The molecule has 0 N–H and O–H groups in total. The van der Waals surface area contributed by atoms with E-state index in [2.05, 4.69) is 11.6 Å². The van der Waals surface area contributed by atoms with Crippen LogP contribution < -0.4 is 0 Å². The van der Waals surface area contributed by atoms with Gasteiger partial charge in [-0.2, -0.15) is 0 Å². The highest BCUT2D eigenvalue weighted by Crippen LogP contribution is 2.02. The van der Waals surface area contributed by atoms with Crippen LogP contribution in [0.1, 0.15) is 18.4 Å². The van der Waals surface area contributed by atoms with Crippen LogP contribution in [0, 0.1) is 6.92 Å². The third-order valence-electron chi connectivity index (χ3n) is 2.22. The first-order chi connectivity index (χ1) is 7.02. The predicted octanol–water partition coefficient (Wildman–Crippen LogP) is 1.39. The Morgan fingerprint density at radius 2 is 2.33 bits per heavy atom. The van der Waals surface area contributed by atoms with E-state index in [-0.39, 0.29) is 5.97 Å². The molecule has 4 nitrogen and oxygen atoms in total. The summed E-state index contributed by atoms with van der Waals surface area (Å²) in [5, 5.41) is 0. The van der Waals surface area contributed by atoms with Gasteiger partial charge in [0, 0.05) is 30.9 Å². The maximum atomic E-state index is 11.1. The van der Waals surface area contributed by atoms with Crippen molar-refractivity contribution in [3.8, 4) is 0 Å². The Morgan fingerprint density at radius 1 is 1.67 bits per heavy atom. The number of hydrogen-bond donors (Lipinski definition) is 0. The zero-order valence-electron chi connectivity index (χ0n) is 9.41. The van der Waals surface area contributed by atoms with Crippen LogP contribution in [0.5, 0.6) is 0 Å². The lowest BCUT2D eigenvalue weighted by Crippen LogP contribution is -2.10. The molecular formula is C11H16N2O2. The highest BCUT2D eigenvalue weighted by molar-refractivity contribution is 5.86. The SMILES string of the molecule is C=C(C)C(=O)OCCc1ncc(C)n1C. The minimum absolute atomic E-state index is 0.343. The molecule has 0 amide bonds. The van der Waals surface area contributed by atoms with Crippen LogP contribution in [0.3, 0.4) is 0 Å². The summed E-state index contributed by atoms with van der Waals surface area (Å²) in [6, 6.07) is 0. The normalized spacial score (nSPS) is 10.1. The molecular weight excluding hydrogens is 192 g/mol. The molecule has 0 aromatic carbocycles. The summed E-state index contributed by atoms with van der Waals surface area (Å²) in [5.41, 5.74) is 1.52. The van der Waals surface area contributed by atoms with Crippen molar-refractivity contribution in [1.82, 2.24) is 9.55 Å². The van der Waals surface area contributed by atoms with Crippen molar-refractivity contribution in [2.45, 2.75) is 20.3 Å². The first kappa shape index (κ1) is 11.5. The van der Waals surface area contributed by atoms with Crippen molar-refractivity contribution < 1.29 is 9.53 Å². The number of carbonyl (C=O) groups excluding carboxylic acids is 1. The highest BCUT2D eigenvalue weighted by Gasteiger charge is 2.06. The number of aromatic nitrogens is 2. The van der Waals surface area contributed by atoms with E-state index < -0.39 is 0 Å². The highest BCUT2D eigenvalue weighted by atomic mass is 16.5. The Hall–Kier alpha value is -1.58. The Kier molecular flexibility index (Phi) is 3.66. The molecule has 0 unspecified atom stereocenters. The lowest BCUT2D eigenvalue weighted by molar-refractivity contribution is -0.138. The summed E-state index contributed by atoms with van der Waals surface area (Å²) < 4.78 is 6.96. The number of rotatable bonds is 4. The summed E-state index contributed by atoms with van der Waals surface area (Å²) in [4.78, 5) is 15.3. The van der Waals surface area contributed by atoms with E-state index in [9.17, 15) is 4.79 Å². The van der Waals surface area contributed by atoms with Gasteiger partial charge < -0.3 is 9.30 Å². The van der Waals surface area contributed by atoms with E-state index in [4.69, 9.17) is 4.74 Å². The Balaban J connectivity index is 2.42. The Morgan fingerprint density at radius 3 is 2.80 bits per heavy atom. The fourth-order valence-corrected chi connectivity index (χ4v) is 1.14. The third kappa shape index (κ3) is 2.94. The number of ether oxygens (including phenoxy) is 1. The van der Waals surface area contributed by atoms with Gasteiger partial charge in [-0.1, -0.05) is 6.58 Å². The number of imidazole rings is 1. The van der Waals surface area contributed by atoms with E-state index >= 15 is 0 Å². The zero-order chi connectivity index (χ0) is 11.4. The van der Waals surface area contributed by atoms with Crippen LogP contribution in [0.2, 0.25) is 0 Å². The van der Waals surface area contributed by atoms with Crippen LogP contribution >= 0.6 is 0 Å². The van der Waals surface area contributed by atoms with Gasteiger partial charge in [0.2, 0.25) is 0 Å². The second kappa shape index (κ2) is 4.77. The molecule has 15 heavy (non-hydrogen) atoms. The van der Waals surface area contributed by atoms with Gasteiger partial charge >= 0.3 is 5.97 Å². The topological polar surface area (TPSA) is 44.1 Å². The van der Waals surface area contributed by atoms with Gasteiger partial charge in [0.15, 0.2) is 0 Å². The molecule has 0 aliphatic carbocycles. The molecule has 0 radical (unpaired) electrons. The maximum Gasteiger partial charge on any atom is 0.333 e. The number of aryl methyl sites for hydroxylation is 1. The van der Waals surface area contributed by atoms with Crippen molar-refractivity contribution in [3.05, 3.63) is 29.9 Å². The van der Waals surface area contributed by atoms with Crippen LogP contribution in [0.4, 0.5) is 0 Å². The number of carbonyl (C=O) groups is 1. The first-order valence-corrected chi connectivity index (χ1v) is 4.82. The number of nitrogens with zero attached hydrogens (tertiary/aromatic N) is 2. The predicted molar refractivity (Wildman–Crippen MR) is 57.4 cm³/mol. The standard InChI is InChI=1S/C11H16N2O2/c1-8(2)11(14)15-6-5-10-12-7-9(3)13(10)4/h7H,1,5-6H2,2-4H3. The maximum absolute atomic E-state index is 11.1. The van der Waals surface area contributed by atoms with E-state index in [0.29, 0.717) is 18.6 Å². The van der Waals surface area contributed by atoms with Crippen molar-refractivity contribution in [1.29, 1.82) is 0 Å². The smallest absolute Gasteiger partial charge is 0.333 e. The van der Waals surface area contributed by atoms with E-state index in [1.165, 1.54) is 0 Å². The van der Waals surface area contributed by atoms with Gasteiger partial charge in [0.25, 0.3) is 0 Å². The number of hydrogen-bond acceptors (Lipinski definition) is 3. The minimum atomic E-state index is -0.346. The summed E-state index contributed by atoms with van der Waals surface area (Å²) in [6.07, 6.45) is 2.43. The fraction of sp³-hybridized carbons (Fsp3) is 0.455. The third-order valence-corrected chi connectivity index (χ3v) is 2.22. The molecule has 0 aliphatic heterocycles. The number of esters is 1. The molecule has 1 heterocycles. The molecule has 1 aromatic rings. The van der Waals surface area contributed by atoms with Gasteiger partial charge in [-0.3, -0.25) is 0 Å². The van der Waals surface area contributed by atoms with E-state index in [1.807, 2.05) is 18.5 Å². The van der Waals surface area contributed by atoms with Gasteiger partial charge in [-0.05, 0) is 13.8 Å². The molecule has 82 valence electrons. The second-order valence-corrected chi connectivity index (χ2v) is 3.54. The van der Waals surface area contributed by atoms with E-state index in [1.54, 1.807) is 13.1 Å². The summed E-state index contributed by atoms with van der Waals surface area (Å²) >= 11 is 0. The fourth-order valence-electron chi connectivity index (χ4n) is 1.14. The Labute approximate surface area is 89.6 Å². The lowest BCUT2D eigenvalue weighted by Gasteiger charge is -2.05. The molecule has 0 bridgehead atoms. The molecule has 1 aromatic heterocycles. The van der Waals surface area contributed by atoms with Crippen molar-refractivity contribution in [2.24, 2.45) is 7.05 Å². The minimum Gasteiger partial charge on any atom is -0.462 e. The summed E-state index contributed by atoms with van der Waals surface area (Å²) in [7, 11) is 1.94. The summed E-state index contributed by atoms with van der Waals surface area (Å²) in [6.45, 7) is 7.46. The van der Waals surface area contributed by atoms with Crippen molar-refractivity contribution in [3.63, 3.8) is 0 Å². The molecule has 0 aliphatic rings. The first-order valence-electron chi connectivity index (χ1n) is 4.82. The molecule has 1 rings (SSSR count). The average Bonchev–Trinajstić information content (AvgIpc) is 2.49. The molecule has 0 spiro atoms. The molecule has 0 fully saturated rings. The lowest BCUT2D eigenvalue weighted by atomic mass is 10.3. The van der Waals surface area contributed by atoms with Gasteiger partial charge in [0.1, 0.15) is 5.82 Å². The van der Waals surface area contributed by atoms with Crippen LogP contribution in [0.15, 0.2) is 18.3 Å². The second-order valence-electron chi connectivity index (χ2n) is 3.54. The summed E-state index contributed by atoms with van der Waals surface area (Å²) in [5.74, 6) is 0.572.